The molecular formula is C17H18N2. The zero-order chi connectivity index (χ0) is 13.2. The molecule has 2 heteroatoms. The number of amidine groups is 1. The van der Waals surface area contributed by atoms with Gasteiger partial charge in [0.05, 0.1) is 6.54 Å². The first kappa shape index (κ1) is 12.0. The Balaban J connectivity index is 1.87. The minimum absolute atomic E-state index is 0.610. The van der Waals surface area contributed by atoms with E-state index in [1.807, 2.05) is 18.2 Å². The molecule has 0 saturated carbocycles. The van der Waals surface area contributed by atoms with Gasteiger partial charge in [-0.2, -0.15) is 0 Å². The Morgan fingerprint density at radius 2 is 1.79 bits per heavy atom. The lowest BCUT2D eigenvalue weighted by atomic mass is 10.1. The lowest BCUT2D eigenvalue weighted by Crippen LogP contribution is -2.22. The predicted octanol–water partition coefficient (Wildman–Crippen LogP) is 3.98. The molecule has 0 bridgehead atoms. The molecule has 0 spiro atoms. The molecule has 1 heterocycles. The van der Waals surface area contributed by atoms with Crippen molar-refractivity contribution >= 4 is 11.5 Å². The highest BCUT2D eigenvalue weighted by atomic mass is 15.2. The van der Waals surface area contributed by atoms with Crippen molar-refractivity contribution in [3.8, 4) is 0 Å². The molecule has 0 unspecified atom stereocenters. The maximum Gasteiger partial charge on any atom is 0.133 e. The van der Waals surface area contributed by atoms with Crippen LogP contribution in [-0.4, -0.2) is 5.84 Å². The highest BCUT2D eigenvalue weighted by molar-refractivity contribution is 6.11. The van der Waals surface area contributed by atoms with Gasteiger partial charge in [-0.15, -0.1) is 0 Å². The average molecular weight is 250 g/mol. The van der Waals surface area contributed by atoms with E-state index in [-0.39, 0.29) is 0 Å². The maximum absolute atomic E-state index is 8.29. The van der Waals surface area contributed by atoms with Gasteiger partial charge in [-0.25, -0.2) is 0 Å². The summed E-state index contributed by atoms with van der Waals surface area (Å²) in [5.41, 5.74) is 4.78. The van der Waals surface area contributed by atoms with E-state index in [0.29, 0.717) is 5.84 Å². The molecule has 1 aliphatic rings. The van der Waals surface area contributed by atoms with Gasteiger partial charge in [-0.05, 0) is 29.7 Å². The number of nitrogens with zero attached hydrogens (tertiary/aromatic N) is 1. The van der Waals surface area contributed by atoms with Crippen molar-refractivity contribution < 1.29 is 0 Å². The van der Waals surface area contributed by atoms with Crippen molar-refractivity contribution in [3.63, 3.8) is 0 Å². The normalized spacial score (nSPS) is 13.7. The zero-order valence-corrected chi connectivity index (χ0v) is 11.2. The van der Waals surface area contributed by atoms with Crippen LogP contribution in [0.4, 0.5) is 5.69 Å². The van der Waals surface area contributed by atoms with Gasteiger partial charge in [0.25, 0.3) is 0 Å². The number of nitrogens with one attached hydrogen (secondary N) is 1. The van der Waals surface area contributed by atoms with Gasteiger partial charge >= 0.3 is 0 Å². The third-order valence-corrected chi connectivity index (χ3v) is 3.66. The number of rotatable bonds is 3. The minimum atomic E-state index is 0.610. The number of fused-ring (bicyclic) bond motifs is 1. The third-order valence-electron chi connectivity index (χ3n) is 3.66. The molecule has 2 aromatic rings. The van der Waals surface area contributed by atoms with Crippen LogP contribution < -0.4 is 4.90 Å². The summed E-state index contributed by atoms with van der Waals surface area (Å²) in [4.78, 5) is 2.07. The molecule has 0 aliphatic carbocycles. The lowest BCUT2D eigenvalue weighted by Gasteiger charge is -2.18. The summed E-state index contributed by atoms with van der Waals surface area (Å²) in [5.74, 6) is 0.610. The Hall–Kier alpha value is -2.09. The van der Waals surface area contributed by atoms with E-state index in [9.17, 15) is 0 Å². The second-order valence-corrected chi connectivity index (χ2v) is 5.01. The molecule has 96 valence electrons. The van der Waals surface area contributed by atoms with E-state index in [0.717, 1.165) is 24.2 Å². The van der Waals surface area contributed by atoms with Crippen LogP contribution in [0.3, 0.4) is 0 Å². The molecule has 0 fully saturated rings. The second-order valence-electron chi connectivity index (χ2n) is 5.01. The minimum Gasteiger partial charge on any atom is -0.322 e. The summed E-state index contributed by atoms with van der Waals surface area (Å²) in [6.07, 6.45) is 2.29. The molecule has 0 radical (unpaired) electrons. The van der Waals surface area contributed by atoms with Gasteiger partial charge in [0.2, 0.25) is 0 Å². The molecule has 3 rings (SSSR count). The summed E-state index contributed by atoms with van der Waals surface area (Å²) in [6.45, 7) is 3.00. The van der Waals surface area contributed by atoms with Crippen LogP contribution in [0.15, 0.2) is 48.5 Å². The van der Waals surface area contributed by atoms with Crippen molar-refractivity contribution in [1.82, 2.24) is 0 Å². The summed E-state index contributed by atoms with van der Waals surface area (Å²) in [7, 11) is 0. The van der Waals surface area contributed by atoms with Crippen molar-refractivity contribution in [2.45, 2.75) is 26.3 Å². The van der Waals surface area contributed by atoms with Crippen LogP contribution in [0, 0.1) is 5.41 Å². The van der Waals surface area contributed by atoms with E-state index in [1.165, 1.54) is 17.5 Å². The molecule has 2 aromatic carbocycles. The number of hydrogen-bond donors (Lipinski definition) is 1. The lowest BCUT2D eigenvalue weighted by molar-refractivity contribution is 0.921. The molecule has 2 nitrogen and oxygen atoms in total. The maximum atomic E-state index is 8.29. The van der Waals surface area contributed by atoms with Gasteiger partial charge < -0.3 is 4.90 Å². The first-order chi connectivity index (χ1) is 9.29. The number of anilines is 1. The summed E-state index contributed by atoms with van der Waals surface area (Å²) < 4.78 is 0. The quantitative estimate of drug-likeness (QED) is 0.876. The topological polar surface area (TPSA) is 27.1 Å². The Labute approximate surface area is 114 Å². The molecule has 0 atom stereocenters. The number of benzene rings is 2. The first-order valence-corrected chi connectivity index (χ1v) is 6.83. The summed E-state index contributed by atoms with van der Waals surface area (Å²) in [6, 6.07) is 16.8. The van der Waals surface area contributed by atoms with Crippen LogP contribution in [0.5, 0.6) is 0 Å². The van der Waals surface area contributed by atoms with Gasteiger partial charge in [-0.1, -0.05) is 49.7 Å². The molecule has 0 saturated heterocycles. The molecule has 0 aromatic heterocycles. The van der Waals surface area contributed by atoms with E-state index in [4.69, 9.17) is 5.41 Å². The van der Waals surface area contributed by atoms with Crippen LogP contribution in [0.25, 0.3) is 0 Å². The standard InChI is InChI=1S/C17H18N2/c1-2-5-13-8-10-15(11-9-13)19-12-14-6-3-4-7-16(14)17(19)18/h3-4,6-11,18H,2,5,12H2,1H3. The molecule has 0 amide bonds. The average Bonchev–Trinajstić information content (AvgIpc) is 2.78. The van der Waals surface area contributed by atoms with Gasteiger partial charge in [-0.3, -0.25) is 5.41 Å². The largest absolute Gasteiger partial charge is 0.322 e. The SMILES string of the molecule is CCCc1ccc(N2Cc3ccccc3C2=N)cc1. The van der Waals surface area contributed by atoms with Crippen LogP contribution in [0.1, 0.15) is 30.0 Å². The fraction of sp³-hybridized carbons (Fsp3) is 0.235. The Morgan fingerprint density at radius 3 is 2.47 bits per heavy atom. The Kier molecular flexibility index (Phi) is 3.08. The smallest absolute Gasteiger partial charge is 0.133 e. The molecule has 19 heavy (non-hydrogen) atoms. The number of aryl methyl sites for hydroxylation is 1. The molecule has 1 aliphatic heterocycles. The Bertz CT molecular complexity index is 599. The van der Waals surface area contributed by atoms with Crippen molar-refractivity contribution in [2.24, 2.45) is 0 Å². The predicted molar refractivity (Wildman–Crippen MR) is 79.9 cm³/mol. The third kappa shape index (κ3) is 2.14. The van der Waals surface area contributed by atoms with Gasteiger partial charge in [0.15, 0.2) is 0 Å². The van der Waals surface area contributed by atoms with Crippen molar-refractivity contribution in [1.29, 1.82) is 5.41 Å². The molecule has 1 N–H and O–H groups in total. The van der Waals surface area contributed by atoms with Gasteiger partial charge in [0.1, 0.15) is 5.84 Å². The fourth-order valence-corrected chi connectivity index (χ4v) is 2.64. The van der Waals surface area contributed by atoms with E-state index in [1.54, 1.807) is 0 Å². The van der Waals surface area contributed by atoms with E-state index < -0.39 is 0 Å². The van der Waals surface area contributed by atoms with Crippen LogP contribution in [-0.2, 0) is 13.0 Å². The van der Waals surface area contributed by atoms with Gasteiger partial charge in [0, 0.05) is 11.3 Å². The zero-order valence-electron chi connectivity index (χ0n) is 11.2. The Morgan fingerprint density at radius 1 is 1.05 bits per heavy atom. The monoisotopic (exact) mass is 250 g/mol. The summed E-state index contributed by atoms with van der Waals surface area (Å²) >= 11 is 0. The van der Waals surface area contributed by atoms with E-state index in [2.05, 4.69) is 42.2 Å². The van der Waals surface area contributed by atoms with Crippen molar-refractivity contribution in [2.75, 3.05) is 4.90 Å². The van der Waals surface area contributed by atoms with E-state index >= 15 is 0 Å². The number of hydrogen-bond acceptors (Lipinski definition) is 1. The fourth-order valence-electron chi connectivity index (χ4n) is 2.64. The molecular weight excluding hydrogens is 232 g/mol. The first-order valence-electron chi connectivity index (χ1n) is 6.83. The highest BCUT2D eigenvalue weighted by Crippen LogP contribution is 2.28. The summed E-state index contributed by atoms with van der Waals surface area (Å²) in [5, 5.41) is 8.29. The van der Waals surface area contributed by atoms with Crippen LogP contribution >= 0.6 is 0 Å². The second kappa shape index (κ2) is 4.88. The highest BCUT2D eigenvalue weighted by Gasteiger charge is 2.24. The van der Waals surface area contributed by atoms with Crippen molar-refractivity contribution in [3.05, 3.63) is 65.2 Å². The van der Waals surface area contributed by atoms with Crippen LogP contribution in [0.2, 0.25) is 0 Å².